The highest BCUT2D eigenvalue weighted by Crippen LogP contribution is 2.21. The van der Waals surface area contributed by atoms with Crippen LogP contribution < -0.4 is 0 Å². The van der Waals surface area contributed by atoms with Gasteiger partial charge >= 0.3 is 0 Å². The Bertz CT molecular complexity index is 373. The Morgan fingerprint density at radius 2 is 2.31 bits per heavy atom. The van der Waals surface area contributed by atoms with Gasteiger partial charge in [-0.2, -0.15) is 4.98 Å². The van der Waals surface area contributed by atoms with E-state index in [1.807, 2.05) is 0 Å². The maximum atomic E-state index is 11.6. The lowest BCUT2D eigenvalue weighted by Gasteiger charge is -2.17. The molecule has 5 heteroatoms. The van der Waals surface area contributed by atoms with E-state index in [9.17, 15) is 4.79 Å². The highest BCUT2D eigenvalue weighted by molar-refractivity contribution is 5.85. The second kappa shape index (κ2) is 4.74. The summed E-state index contributed by atoms with van der Waals surface area (Å²) in [5.74, 6) is 1.32. The van der Waals surface area contributed by atoms with Gasteiger partial charge in [-0.05, 0) is 5.92 Å². The van der Waals surface area contributed by atoms with Crippen LogP contribution in [0.25, 0.3) is 0 Å². The van der Waals surface area contributed by atoms with E-state index in [4.69, 9.17) is 9.26 Å². The van der Waals surface area contributed by atoms with E-state index in [1.54, 1.807) is 0 Å². The quantitative estimate of drug-likeness (QED) is 0.775. The number of carbonyl (C=O) groups excluding carboxylic acids is 1. The van der Waals surface area contributed by atoms with Crippen molar-refractivity contribution in [1.82, 2.24) is 10.1 Å². The molecule has 5 nitrogen and oxygen atoms in total. The zero-order valence-electron chi connectivity index (χ0n) is 9.60. The van der Waals surface area contributed by atoms with Gasteiger partial charge in [0.15, 0.2) is 5.82 Å². The molecule has 0 aliphatic carbocycles. The molecule has 88 valence electrons. The van der Waals surface area contributed by atoms with Crippen LogP contribution in [-0.2, 0) is 16.0 Å². The summed E-state index contributed by atoms with van der Waals surface area (Å²) in [7, 11) is 0. The molecule has 0 radical (unpaired) electrons. The summed E-state index contributed by atoms with van der Waals surface area (Å²) in [5, 5.41) is 3.87. The lowest BCUT2D eigenvalue weighted by Crippen LogP contribution is -2.25. The van der Waals surface area contributed by atoms with Crippen molar-refractivity contribution < 1.29 is 14.1 Å². The Balaban J connectivity index is 2.08. The maximum Gasteiger partial charge on any atom is 0.239 e. The first kappa shape index (κ1) is 11.3. The minimum atomic E-state index is -0.359. The molecule has 16 heavy (non-hydrogen) atoms. The first-order valence-corrected chi connectivity index (χ1v) is 5.59. The monoisotopic (exact) mass is 224 g/mol. The van der Waals surface area contributed by atoms with Crippen LogP contribution in [0.3, 0.4) is 0 Å². The highest BCUT2D eigenvalue weighted by atomic mass is 16.5. The van der Waals surface area contributed by atoms with Crippen molar-refractivity contribution in [3.8, 4) is 0 Å². The molecule has 0 saturated carbocycles. The third-order valence-corrected chi connectivity index (χ3v) is 2.54. The highest BCUT2D eigenvalue weighted by Gasteiger charge is 2.29. The lowest BCUT2D eigenvalue weighted by atomic mass is 10.0. The van der Waals surface area contributed by atoms with Crippen molar-refractivity contribution in [2.75, 3.05) is 13.2 Å². The fraction of sp³-hybridized carbons (Fsp3) is 0.727. The van der Waals surface area contributed by atoms with E-state index in [0.717, 1.165) is 6.42 Å². The van der Waals surface area contributed by atoms with Crippen LogP contribution in [-0.4, -0.2) is 29.1 Å². The molecule has 0 N–H and O–H groups in total. The number of hydrogen-bond acceptors (Lipinski definition) is 5. The first-order valence-electron chi connectivity index (χ1n) is 5.59. The second-order valence-corrected chi connectivity index (χ2v) is 4.49. The summed E-state index contributed by atoms with van der Waals surface area (Å²) < 4.78 is 10.4. The molecule has 1 aliphatic rings. The van der Waals surface area contributed by atoms with Crippen molar-refractivity contribution in [1.29, 1.82) is 0 Å². The van der Waals surface area contributed by atoms with E-state index in [1.165, 1.54) is 0 Å². The maximum absolute atomic E-state index is 11.6. The third kappa shape index (κ3) is 2.47. The molecule has 0 spiro atoms. The summed E-state index contributed by atoms with van der Waals surface area (Å²) >= 11 is 0. The van der Waals surface area contributed by atoms with Crippen LogP contribution in [0.2, 0.25) is 0 Å². The Kier molecular flexibility index (Phi) is 3.33. The molecular formula is C11H16N2O3. The van der Waals surface area contributed by atoms with Gasteiger partial charge in [-0.15, -0.1) is 0 Å². The van der Waals surface area contributed by atoms with Gasteiger partial charge in [0, 0.05) is 12.8 Å². The van der Waals surface area contributed by atoms with Crippen LogP contribution in [0.15, 0.2) is 4.52 Å². The van der Waals surface area contributed by atoms with Crippen LogP contribution >= 0.6 is 0 Å². The third-order valence-electron chi connectivity index (χ3n) is 2.54. The molecule has 1 fully saturated rings. The molecular weight excluding hydrogens is 208 g/mol. The zero-order chi connectivity index (χ0) is 11.5. The number of Topliss-reactive ketones (excluding diaryl/α,β-unsaturated/α-hetero) is 1. The van der Waals surface area contributed by atoms with E-state index < -0.39 is 0 Å². The van der Waals surface area contributed by atoms with Crippen LogP contribution in [0.5, 0.6) is 0 Å². The minimum absolute atomic E-state index is 0.131. The number of hydrogen-bond donors (Lipinski definition) is 0. The van der Waals surface area contributed by atoms with Gasteiger partial charge in [-0.25, -0.2) is 0 Å². The molecule has 1 unspecified atom stereocenters. The fourth-order valence-electron chi connectivity index (χ4n) is 1.71. The summed E-state index contributed by atoms with van der Waals surface area (Å²) in [6, 6.07) is 0. The van der Waals surface area contributed by atoms with Gasteiger partial charge in [-0.3, -0.25) is 4.79 Å². The van der Waals surface area contributed by atoms with Crippen molar-refractivity contribution >= 4 is 5.78 Å². The first-order chi connectivity index (χ1) is 7.66. The van der Waals surface area contributed by atoms with Gasteiger partial charge in [0.1, 0.15) is 11.7 Å². The summed E-state index contributed by atoms with van der Waals surface area (Å²) in [6.45, 7) is 5.04. The average Bonchev–Trinajstić information content (AvgIpc) is 2.66. The van der Waals surface area contributed by atoms with Crippen LogP contribution in [0.1, 0.15) is 37.9 Å². The number of ether oxygens (including phenoxy) is 1. The molecule has 1 aromatic rings. The molecule has 1 saturated heterocycles. The molecule has 0 amide bonds. The van der Waals surface area contributed by atoms with Gasteiger partial charge in [-0.1, -0.05) is 19.0 Å². The van der Waals surface area contributed by atoms with Gasteiger partial charge in [0.2, 0.25) is 5.89 Å². The Labute approximate surface area is 94.2 Å². The van der Waals surface area contributed by atoms with E-state index in [-0.39, 0.29) is 11.7 Å². The Morgan fingerprint density at radius 3 is 3.00 bits per heavy atom. The smallest absolute Gasteiger partial charge is 0.239 e. The molecule has 2 heterocycles. The lowest BCUT2D eigenvalue weighted by molar-refractivity contribution is -0.127. The van der Waals surface area contributed by atoms with Crippen molar-refractivity contribution in [2.24, 2.45) is 5.92 Å². The number of nitrogens with zero attached hydrogens (tertiary/aromatic N) is 2. The van der Waals surface area contributed by atoms with Crippen molar-refractivity contribution in [3.05, 3.63) is 11.7 Å². The van der Waals surface area contributed by atoms with Gasteiger partial charge in [0.25, 0.3) is 0 Å². The largest absolute Gasteiger partial charge is 0.380 e. The number of aromatic nitrogens is 2. The second-order valence-electron chi connectivity index (χ2n) is 4.49. The van der Waals surface area contributed by atoms with E-state index >= 15 is 0 Å². The predicted molar refractivity (Wildman–Crippen MR) is 56.0 cm³/mol. The van der Waals surface area contributed by atoms with E-state index in [2.05, 4.69) is 24.0 Å². The predicted octanol–water partition coefficient (Wildman–Crippen LogP) is 1.34. The van der Waals surface area contributed by atoms with Crippen molar-refractivity contribution in [3.63, 3.8) is 0 Å². The summed E-state index contributed by atoms with van der Waals surface area (Å²) in [5.41, 5.74) is 0. The number of carbonyl (C=O) groups is 1. The normalized spacial score (nSPS) is 21.7. The van der Waals surface area contributed by atoms with E-state index in [0.29, 0.717) is 37.3 Å². The van der Waals surface area contributed by atoms with Crippen LogP contribution in [0, 0.1) is 5.92 Å². The van der Waals surface area contributed by atoms with Gasteiger partial charge in [0.05, 0.1) is 13.2 Å². The molecule has 1 aromatic heterocycles. The molecule has 1 aliphatic heterocycles. The average molecular weight is 224 g/mol. The zero-order valence-corrected chi connectivity index (χ0v) is 9.60. The molecule has 0 bridgehead atoms. The van der Waals surface area contributed by atoms with Crippen molar-refractivity contribution in [2.45, 2.75) is 32.6 Å². The Morgan fingerprint density at radius 1 is 1.50 bits per heavy atom. The molecule has 1 atom stereocenters. The standard InChI is InChI=1S/C11H16N2O3/c1-7(2)5-10-12-11(16-13-10)8-6-15-4-3-9(8)14/h7-8H,3-6H2,1-2H3. The molecule has 2 rings (SSSR count). The fourth-order valence-corrected chi connectivity index (χ4v) is 1.71. The summed E-state index contributed by atoms with van der Waals surface area (Å²) in [4.78, 5) is 15.9. The molecule has 0 aromatic carbocycles. The van der Waals surface area contributed by atoms with Gasteiger partial charge < -0.3 is 9.26 Å². The number of rotatable bonds is 3. The van der Waals surface area contributed by atoms with Crippen LogP contribution in [0.4, 0.5) is 0 Å². The topological polar surface area (TPSA) is 65.2 Å². The Hall–Kier alpha value is -1.23. The number of ketones is 1. The minimum Gasteiger partial charge on any atom is -0.380 e. The summed E-state index contributed by atoms with van der Waals surface area (Å²) in [6.07, 6.45) is 1.21. The SMILES string of the molecule is CC(C)Cc1noc(C2COCCC2=O)n1.